The summed E-state index contributed by atoms with van der Waals surface area (Å²) in [6.45, 7) is 9.56. The zero-order valence-corrected chi connectivity index (χ0v) is 29.3. The van der Waals surface area contributed by atoms with Crippen molar-refractivity contribution < 1.29 is 23.6 Å². The third kappa shape index (κ3) is 7.63. The molecule has 2 aromatic heterocycles. The highest BCUT2D eigenvalue weighted by Gasteiger charge is 2.47. The third-order valence-electron chi connectivity index (χ3n) is 9.39. The van der Waals surface area contributed by atoms with Crippen molar-refractivity contribution in [2.45, 2.75) is 91.0 Å². The fourth-order valence-electron chi connectivity index (χ4n) is 6.14. The number of aromatic amines is 1. The van der Waals surface area contributed by atoms with Gasteiger partial charge in [0.05, 0.1) is 10.5 Å². The summed E-state index contributed by atoms with van der Waals surface area (Å²) in [4.78, 5) is 49.6. The first-order chi connectivity index (χ1) is 22.9. The summed E-state index contributed by atoms with van der Waals surface area (Å²) in [5.41, 5.74) is 1.87. The summed E-state index contributed by atoms with van der Waals surface area (Å²) >= 11 is 13.0. The summed E-state index contributed by atoms with van der Waals surface area (Å²) < 4.78 is 11.0. The number of carbonyl (C=O) groups excluding carboxylic acids is 3. The van der Waals surface area contributed by atoms with E-state index in [2.05, 4.69) is 31.1 Å². The van der Waals surface area contributed by atoms with Crippen LogP contribution in [0, 0.1) is 18.8 Å². The number of hydrogen-bond donors (Lipinski definition) is 4. The van der Waals surface area contributed by atoms with Crippen LogP contribution in [0.3, 0.4) is 0 Å². The van der Waals surface area contributed by atoms with Crippen LogP contribution in [0.5, 0.6) is 0 Å². The first-order valence-corrected chi connectivity index (χ1v) is 17.1. The second-order valence-corrected chi connectivity index (χ2v) is 13.6. The van der Waals surface area contributed by atoms with Crippen LogP contribution in [0.1, 0.15) is 81.5 Å². The van der Waals surface area contributed by atoms with Gasteiger partial charge in [0, 0.05) is 22.5 Å². The average molecular weight is 698 g/mol. The van der Waals surface area contributed by atoms with Crippen LogP contribution in [0.2, 0.25) is 10.0 Å². The van der Waals surface area contributed by atoms with E-state index in [0.717, 1.165) is 28.6 Å². The molecule has 1 aliphatic rings. The molecule has 4 N–H and O–H groups in total. The number of alkyl carbamates (subject to hydrolysis) is 1. The predicted molar refractivity (Wildman–Crippen MR) is 184 cm³/mol. The Labute approximate surface area is 289 Å². The molecule has 2 heterocycles. The van der Waals surface area contributed by atoms with Crippen LogP contribution in [0.15, 0.2) is 47.0 Å². The number of benzene rings is 2. The largest absolute Gasteiger partial charge is 0.445 e. The summed E-state index contributed by atoms with van der Waals surface area (Å²) in [7, 11) is 0. The Morgan fingerprint density at radius 3 is 2.46 bits per heavy atom. The molecule has 0 saturated carbocycles. The van der Waals surface area contributed by atoms with Crippen molar-refractivity contribution >= 4 is 52.0 Å². The number of nitrogens with zero attached hydrogens (tertiary/aromatic N) is 2. The minimum Gasteiger partial charge on any atom is -0.445 e. The summed E-state index contributed by atoms with van der Waals surface area (Å²) in [6.07, 6.45) is 1.45. The maximum atomic E-state index is 14.6. The predicted octanol–water partition coefficient (Wildman–Crippen LogP) is 6.75. The van der Waals surface area contributed by atoms with Crippen molar-refractivity contribution in [3.63, 3.8) is 0 Å². The summed E-state index contributed by atoms with van der Waals surface area (Å²) in [5, 5.41) is 14.6. The fraction of sp³-hybridized carbons (Fsp3) is 0.457. The van der Waals surface area contributed by atoms with E-state index in [9.17, 15) is 14.4 Å². The molecule has 1 aliphatic carbocycles. The molecule has 48 heavy (non-hydrogen) atoms. The molecule has 0 bridgehead atoms. The second-order valence-electron chi connectivity index (χ2n) is 12.7. The number of amides is 3. The number of nitrogens with one attached hydrogen (secondary N) is 4. The molecule has 0 aliphatic heterocycles. The number of halogens is 2. The maximum Gasteiger partial charge on any atom is 0.408 e. The number of H-pyrrole nitrogens is 1. The lowest BCUT2D eigenvalue weighted by Gasteiger charge is -2.39. The molecule has 5 atom stereocenters. The molecule has 4 aromatic rings. The van der Waals surface area contributed by atoms with Gasteiger partial charge in [-0.15, -0.1) is 0 Å². The number of carbonyl (C=O) groups is 3. The van der Waals surface area contributed by atoms with Crippen molar-refractivity contribution in [2.24, 2.45) is 11.8 Å². The standard InChI is InChI=1S/C35H42Cl2N6O5/c1-6-19(3)28(41-34(46)47-18-22-11-9-8-10-12-22)31(44)42-35(33(45)40-29(20(4)7-2)32-38-21(5)43-48-32)14-13-27-25(17-35)24-15-23(36)16-26(37)30(24)39-27/h8-12,15-16,19-20,28-29,39H,6-7,13-14,17-18H2,1-5H3,(H,40,45)(H,41,46)(H,42,44)/t19-,20-,28?,29?,35+/m0/s1. The first kappa shape index (κ1) is 35.2. The third-order valence-corrected chi connectivity index (χ3v) is 9.90. The first-order valence-electron chi connectivity index (χ1n) is 16.3. The van der Waals surface area contributed by atoms with Gasteiger partial charge in [-0.2, -0.15) is 4.98 Å². The summed E-state index contributed by atoms with van der Waals surface area (Å²) in [6, 6.07) is 11.2. The number of fused-ring (bicyclic) bond motifs is 3. The highest BCUT2D eigenvalue weighted by molar-refractivity contribution is 6.38. The zero-order valence-electron chi connectivity index (χ0n) is 27.8. The molecule has 5 rings (SSSR count). The highest BCUT2D eigenvalue weighted by atomic mass is 35.5. The van der Waals surface area contributed by atoms with E-state index in [4.69, 9.17) is 32.5 Å². The van der Waals surface area contributed by atoms with Crippen LogP contribution in [-0.2, 0) is 33.8 Å². The molecule has 256 valence electrons. The van der Waals surface area contributed by atoms with Gasteiger partial charge in [-0.1, -0.05) is 99.2 Å². The van der Waals surface area contributed by atoms with Crippen molar-refractivity contribution in [3.8, 4) is 0 Å². The van der Waals surface area contributed by atoms with Gasteiger partial charge in [-0.3, -0.25) is 9.59 Å². The van der Waals surface area contributed by atoms with Gasteiger partial charge in [-0.25, -0.2) is 4.79 Å². The van der Waals surface area contributed by atoms with Crippen molar-refractivity contribution in [1.82, 2.24) is 31.1 Å². The number of aryl methyl sites for hydroxylation is 2. The van der Waals surface area contributed by atoms with Gasteiger partial charge < -0.3 is 30.2 Å². The highest BCUT2D eigenvalue weighted by Crippen LogP contribution is 2.39. The number of rotatable bonds is 12. The van der Waals surface area contributed by atoms with E-state index in [1.807, 2.05) is 64.1 Å². The molecule has 0 radical (unpaired) electrons. The Morgan fingerprint density at radius 1 is 1.06 bits per heavy atom. The van der Waals surface area contributed by atoms with E-state index in [0.29, 0.717) is 40.1 Å². The molecule has 0 saturated heterocycles. The zero-order chi connectivity index (χ0) is 34.6. The Bertz CT molecular complexity index is 1780. The van der Waals surface area contributed by atoms with Gasteiger partial charge in [0.25, 0.3) is 0 Å². The van der Waals surface area contributed by atoms with E-state index < -0.39 is 35.5 Å². The number of aromatic nitrogens is 3. The van der Waals surface area contributed by atoms with E-state index in [1.165, 1.54) is 0 Å². The quantitative estimate of drug-likeness (QED) is 0.128. The average Bonchev–Trinajstić information content (AvgIpc) is 3.67. The Hall–Kier alpha value is -4.09. The SMILES string of the molecule is CC[C@H](C)C(NC(=O)OCc1ccccc1)C(=O)N[C@]1(C(=O)NC(c2nc(C)no2)[C@@H](C)CC)CCc2[nH]c3c(Cl)cc(Cl)cc3c2C1. The van der Waals surface area contributed by atoms with Crippen LogP contribution < -0.4 is 16.0 Å². The van der Waals surface area contributed by atoms with Gasteiger partial charge in [0.1, 0.15) is 24.2 Å². The minimum absolute atomic E-state index is 0.0501. The lowest BCUT2D eigenvalue weighted by molar-refractivity contribution is -0.136. The van der Waals surface area contributed by atoms with Crippen LogP contribution >= 0.6 is 23.2 Å². The van der Waals surface area contributed by atoms with Crippen LogP contribution in [-0.4, -0.2) is 44.6 Å². The van der Waals surface area contributed by atoms with Crippen molar-refractivity contribution in [3.05, 3.63) is 81.0 Å². The molecule has 11 nitrogen and oxygen atoms in total. The van der Waals surface area contributed by atoms with Crippen LogP contribution in [0.25, 0.3) is 10.9 Å². The minimum atomic E-state index is -1.41. The summed E-state index contributed by atoms with van der Waals surface area (Å²) in [5.74, 6) is -0.482. The molecular weight excluding hydrogens is 655 g/mol. The molecule has 3 amide bonds. The topological polar surface area (TPSA) is 151 Å². The molecule has 0 fully saturated rings. The monoisotopic (exact) mass is 696 g/mol. The Morgan fingerprint density at radius 2 is 1.79 bits per heavy atom. The smallest absolute Gasteiger partial charge is 0.408 e. The van der Waals surface area contributed by atoms with E-state index in [1.54, 1.807) is 13.0 Å². The number of hydrogen-bond acceptors (Lipinski definition) is 7. The van der Waals surface area contributed by atoms with Crippen LogP contribution in [0.4, 0.5) is 4.79 Å². The van der Waals surface area contributed by atoms with E-state index >= 15 is 0 Å². The van der Waals surface area contributed by atoms with Crippen molar-refractivity contribution in [2.75, 3.05) is 0 Å². The Balaban J connectivity index is 1.47. The van der Waals surface area contributed by atoms with E-state index in [-0.39, 0.29) is 31.3 Å². The van der Waals surface area contributed by atoms with Gasteiger partial charge in [0.2, 0.25) is 17.7 Å². The van der Waals surface area contributed by atoms with Gasteiger partial charge >= 0.3 is 6.09 Å². The molecule has 13 heteroatoms. The van der Waals surface area contributed by atoms with Gasteiger partial charge in [0.15, 0.2) is 5.82 Å². The fourth-order valence-corrected chi connectivity index (χ4v) is 6.68. The molecular formula is C35H42Cl2N6O5. The van der Waals surface area contributed by atoms with Gasteiger partial charge in [-0.05, 0) is 54.9 Å². The normalized spacial score (nSPS) is 18.3. The molecule has 2 unspecified atom stereocenters. The molecule has 2 aromatic carbocycles. The lowest BCUT2D eigenvalue weighted by Crippen LogP contribution is -2.65. The molecule has 0 spiro atoms. The number of ether oxygens (including phenoxy) is 1. The maximum absolute atomic E-state index is 14.6. The lowest BCUT2D eigenvalue weighted by atomic mass is 9.78. The second kappa shape index (κ2) is 15.0. The Kier molecular flexibility index (Phi) is 11.0. The van der Waals surface area contributed by atoms with Crippen molar-refractivity contribution in [1.29, 1.82) is 0 Å².